The van der Waals surface area contributed by atoms with Crippen molar-refractivity contribution in [3.63, 3.8) is 0 Å². The van der Waals surface area contributed by atoms with E-state index in [1.807, 2.05) is 0 Å². The van der Waals surface area contributed by atoms with Crippen LogP contribution < -0.4 is 5.11 Å². The molecule has 0 aromatic carbocycles. The highest BCUT2D eigenvalue weighted by atomic mass is 16.6. The topological polar surface area (TPSA) is 66.2 Å². The van der Waals surface area contributed by atoms with E-state index in [0.717, 1.165) is 0 Å². The summed E-state index contributed by atoms with van der Waals surface area (Å²) < 4.78 is 0. The van der Waals surface area contributed by atoms with Crippen LogP contribution in [-0.4, -0.2) is 17.1 Å². The third kappa shape index (κ3) is 1.88. The first-order chi connectivity index (χ1) is 3.55. The summed E-state index contributed by atoms with van der Waals surface area (Å²) in [4.78, 5) is 9.17. The zero-order valence-electron chi connectivity index (χ0n) is 4.83. The summed E-state index contributed by atoms with van der Waals surface area (Å²) >= 11 is 0. The summed E-state index contributed by atoms with van der Waals surface area (Å²) in [6.07, 6.45) is -1.11. The van der Waals surface area contributed by atoms with E-state index in [-0.39, 0.29) is 0 Å². The molecule has 4 heteroatoms. The summed E-state index contributed by atoms with van der Waals surface area (Å²) in [5.74, 6) is 0. The van der Waals surface area contributed by atoms with Gasteiger partial charge in [0.15, 0.2) is 6.04 Å². The molecule has 0 rings (SSSR count). The van der Waals surface area contributed by atoms with Crippen LogP contribution >= 0.6 is 0 Å². The van der Waals surface area contributed by atoms with Crippen LogP contribution in [0.1, 0.15) is 13.8 Å². The first-order valence-corrected chi connectivity index (χ1v) is 2.35. The van der Waals surface area contributed by atoms with E-state index in [1.165, 1.54) is 13.8 Å². The average Bonchev–Trinajstić information content (AvgIpc) is 1.64. The molecule has 0 fully saturated rings. The van der Waals surface area contributed by atoms with Crippen LogP contribution in [0, 0.1) is 10.1 Å². The van der Waals surface area contributed by atoms with Crippen molar-refractivity contribution in [2.24, 2.45) is 0 Å². The predicted molar refractivity (Wildman–Crippen MR) is 25.9 cm³/mol. The number of rotatable bonds is 2. The molecule has 0 aliphatic heterocycles. The second-order valence-corrected chi connectivity index (χ2v) is 1.73. The molecular formula is C4H8NO3-. The quantitative estimate of drug-likeness (QED) is 0.359. The molecule has 48 valence electrons. The van der Waals surface area contributed by atoms with Crippen LogP contribution in [0.2, 0.25) is 0 Å². The Hall–Kier alpha value is -0.640. The fraction of sp³-hybridized carbons (Fsp3) is 1.00. The Kier molecular flexibility index (Phi) is 2.41. The van der Waals surface area contributed by atoms with Gasteiger partial charge in [0, 0.05) is 11.8 Å². The Labute approximate surface area is 47.3 Å². The molecule has 0 heterocycles. The summed E-state index contributed by atoms with van der Waals surface area (Å²) in [5, 5.41) is 20.0. The first kappa shape index (κ1) is 7.36. The van der Waals surface area contributed by atoms with Crippen LogP contribution in [0.15, 0.2) is 0 Å². The molecule has 0 aromatic rings. The molecule has 0 spiro atoms. The van der Waals surface area contributed by atoms with Crippen LogP contribution in [0.3, 0.4) is 0 Å². The predicted octanol–water partition coefficient (Wildman–Crippen LogP) is -0.600. The summed E-state index contributed by atoms with van der Waals surface area (Å²) in [5.41, 5.74) is 0. The summed E-state index contributed by atoms with van der Waals surface area (Å²) in [6, 6.07) is -0.963. The zero-order valence-corrected chi connectivity index (χ0v) is 4.83. The van der Waals surface area contributed by atoms with E-state index < -0.39 is 17.1 Å². The monoisotopic (exact) mass is 118 g/mol. The van der Waals surface area contributed by atoms with Crippen molar-refractivity contribution in [1.82, 2.24) is 0 Å². The number of hydrogen-bond acceptors (Lipinski definition) is 3. The second-order valence-electron chi connectivity index (χ2n) is 1.73. The molecule has 0 saturated carbocycles. The Morgan fingerprint density at radius 3 is 1.88 bits per heavy atom. The Bertz CT molecular complexity index is 91.3. The summed E-state index contributed by atoms with van der Waals surface area (Å²) in [6.45, 7) is 2.59. The lowest BCUT2D eigenvalue weighted by atomic mass is 10.2. The fourth-order valence-electron chi connectivity index (χ4n) is 0.171. The summed E-state index contributed by atoms with van der Waals surface area (Å²) in [7, 11) is 0. The van der Waals surface area contributed by atoms with Crippen molar-refractivity contribution in [3.8, 4) is 0 Å². The Morgan fingerprint density at radius 1 is 1.50 bits per heavy atom. The molecule has 0 bridgehead atoms. The van der Waals surface area contributed by atoms with Crippen molar-refractivity contribution in [3.05, 3.63) is 10.1 Å². The number of nitrogens with zero attached hydrogens (tertiary/aromatic N) is 1. The third-order valence-corrected chi connectivity index (χ3v) is 1.01. The maximum atomic E-state index is 10.2. The Balaban J connectivity index is 3.64. The molecule has 2 unspecified atom stereocenters. The standard InChI is InChI=1S/C4H8NO3/c1-3(4(2)6)5(7)8/h3-4H,1-2H3/q-1. The average molecular weight is 118 g/mol. The minimum Gasteiger partial charge on any atom is -0.847 e. The molecule has 4 nitrogen and oxygen atoms in total. The minimum absolute atomic E-state index is 0.572. The van der Waals surface area contributed by atoms with E-state index in [4.69, 9.17) is 0 Å². The lowest BCUT2D eigenvalue weighted by molar-refractivity contribution is -0.577. The smallest absolute Gasteiger partial charge is 0.197 e. The maximum Gasteiger partial charge on any atom is 0.197 e. The second kappa shape index (κ2) is 2.61. The zero-order chi connectivity index (χ0) is 6.73. The van der Waals surface area contributed by atoms with Gasteiger partial charge in [0.2, 0.25) is 0 Å². The molecule has 8 heavy (non-hydrogen) atoms. The Morgan fingerprint density at radius 2 is 1.88 bits per heavy atom. The van der Waals surface area contributed by atoms with Crippen LogP contribution in [0.4, 0.5) is 0 Å². The van der Waals surface area contributed by atoms with Gasteiger partial charge in [-0.05, 0) is 0 Å². The van der Waals surface area contributed by atoms with E-state index in [1.54, 1.807) is 0 Å². The molecule has 0 amide bonds. The fourth-order valence-corrected chi connectivity index (χ4v) is 0.171. The SMILES string of the molecule is CC([O-])C(C)[N+](=O)[O-]. The van der Waals surface area contributed by atoms with Crippen LogP contribution in [-0.2, 0) is 0 Å². The van der Waals surface area contributed by atoms with Gasteiger partial charge in [0.05, 0.1) is 0 Å². The van der Waals surface area contributed by atoms with Crippen LogP contribution in [0.5, 0.6) is 0 Å². The molecule has 2 atom stereocenters. The van der Waals surface area contributed by atoms with E-state index in [2.05, 4.69) is 0 Å². The third-order valence-electron chi connectivity index (χ3n) is 1.01. The van der Waals surface area contributed by atoms with Gasteiger partial charge >= 0.3 is 0 Å². The van der Waals surface area contributed by atoms with Crippen molar-refractivity contribution in [2.75, 3.05) is 0 Å². The van der Waals surface area contributed by atoms with E-state index in [9.17, 15) is 15.2 Å². The molecule has 0 aromatic heterocycles. The van der Waals surface area contributed by atoms with Gasteiger partial charge in [-0.25, -0.2) is 0 Å². The van der Waals surface area contributed by atoms with E-state index >= 15 is 0 Å². The molecule has 0 aliphatic carbocycles. The maximum absolute atomic E-state index is 10.2. The molecule has 0 N–H and O–H groups in total. The van der Waals surface area contributed by atoms with Gasteiger partial charge in [-0.15, -0.1) is 0 Å². The first-order valence-electron chi connectivity index (χ1n) is 2.35. The largest absolute Gasteiger partial charge is 0.847 e. The van der Waals surface area contributed by atoms with Gasteiger partial charge in [-0.3, -0.25) is 10.1 Å². The van der Waals surface area contributed by atoms with Gasteiger partial charge in [0.25, 0.3) is 0 Å². The van der Waals surface area contributed by atoms with E-state index in [0.29, 0.717) is 0 Å². The molecule has 0 saturated heterocycles. The highest BCUT2D eigenvalue weighted by Crippen LogP contribution is 1.90. The highest BCUT2D eigenvalue weighted by Gasteiger charge is 2.10. The normalized spacial score (nSPS) is 17.4. The van der Waals surface area contributed by atoms with Gasteiger partial charge < -0.3 is 5.11 Å². The molecular weight excluding hydrogens is 110 g/mol. The van der Waals surface area contributed by atoms with Crippen molar-refractivity contribution >= 4 is 0 Å². The number of hydrogen-bond donors (Lipinski definition) is 0. The van der Waals surface area contributed by atoms with Gasteiger partial charge in [-0.1, -0.05) is 13.0 Å². The molecule has 0 radical (unpaired) electrons. The molecule has 0 aliphatic rings. The van der Waals surface area contributed by atoms with Crippen molar-refractivity contribution < 1.29 is 10.0 Å². The lowest BCUT2D eigenvalue weighted by Gasteiger charge is -2.16. The van der Waals surface area contributed by atoms with Gasteiger partial charge in [-0.2, -0.15) is 0 Å². The van der Waals surface area contributed by atoms with Crippen molar-refractivity contribution in [2.45, 2.75) is 26.0 Å². The highest BCUT2D eigenvalue weighted by molar-refractivity contribution is 4.51. The lowest BCUT2D eigenvalue weighted by Crippen LogP contribution is -2.38. The van der Waals surface area contributed by atoms with Gasteiger partial charge in [0.1, 0.15) is 0 Å². The van der Waals surface area contributed by atoms with Crippen molar-refractivity contribution in [1.29, 1.82) is 0 Å². The minimum atomic E-state index is -1.11. The van der Waals surface area contributed by atoms with Crippen LogP contribution in [0.25, 0.3) is 0 Å². The number of nitro groups is 1.